The standard InChI is InChI=1S/C16H26F2N2O/c1-12(2)10-20(9-8-19(3)4)11-15(21)13-6-5-7-14(17)16(13)18/h5-7,12,15,21H,8-11H2,1-4H3. The first-order valence-electron chi connectivity index (χ1n) is 7.30. The van der Waals surface area contributed by atoms with Crippen LogP contribution in [-0.2, 0) is 0 Å². The Morgan fingerprint density at radius 3 is 2.33 bits per heavy atom. The Kier molecular flexibility index (Phi) is 7.22. The molecular weight excluding hydrogens is 274 g/mol. The molecule has 0 aliphatic rings. The van der Waals surface area contributed by atoms with E-state index in [9.17, 15) is 13.9 Å². The Hall–Kier alpha value is -1.04. The highest BCUT2D eigenvalue weighted by atomic mass is 19.2. The van der Waals surface area contributed by atoms with E-state index in [1.807, 2.05) is 14.1 Å². The van der Waals surface area contributed by atoms with Crippen LogP contribution < -0.4 is 0 Å². The minimum Gasteiger partial charge on any atom is -0.387 e. The van der Waals surface area contributed by atoms with E-state index in [0.717, 1.165) is 25.7 Å². The van der Waals surface area contributed by atoms with Crippen molar-refractivity contribution in [1.29, 1.82) is 0 Å². The van der Waals surface area contributed by atoms with Gasteiger partial charge in [-0.25, -0.2) is 8.78 Å². The molecule has 1 atom stereocenters. The summed E-state index contributed by atoms with van der Waals surface area (Å²) in [4.78, 5) is 4.14. The predicted octanol–water partition coefficient (Wildman–Crippen LogP) is 2.52. The van der Waals surface area contributed by atoms with Gasteiger partial charge in [-0.15, -0.1) is 0 Å². The normalized spacial score (nSPS) is 13.4. The lowest BCUT2D eigenvalue weighted by molar-refractivity contribution is 0.0981. The first-order chi connectivity index (χ1) is 9.81. The van der Waals surface area contributed by atoms with E-state index in [2.05, 4.69) is 23.6 Å². The molecule has 1 unspecified atom stereocenters. The number of likely N-dealkylation sites (N-methyl/N-ethyl adjacent to an activating group) is 1. The molecule has 0 fully saturated rings. The summed E-state index contributed by atoms with van der Waals surface area (Å²) in [6.07, 6.45) is -1.03. The van der Waals surface area contributed by atoms with Crippen molar-refractivity contribution in [2.75, 3.05) is 40.3 Å². The second-order valence-corrected chi connectivity index (χ2v) is 6.12. The fraction of sp³-hybridized carbons (Fsp3) is 0.625. The first kappa shape index (κ1) is 18.0. The van der Waals surface area contributed by atoms with Gasteiger partial charge in [-0.1, -0.05) is 26.0 Å². The second kappa shape index (κ2) is 8.41. The molecule has 1 aromatic carbocycles. The monoisotopic (exact) mass is 300 g/mol. The summed E-state index contributed by atoms with van der Waals surface area (Å²) in [5.41, 5.74) is 0.0219. The van der Waals surface area contributed by atoms with E-state index >= 15 is 0 Å². The topological polar surface area (TPSA) is 26.7 Å². The van der Waals surface area contributed by atoms with Gasteiger partial charge in [0.05, 0.1) is 6.10 Å². The van der Waals surface area contributed by atoms with Crippen LogP contribution in [-0.4, -0.2) is 55.2 Å². The van der Waals surface area contributed by atoms with Crippen molar-refractivity contribution in [2.45, 2.75) is 20.0 Å². The summed E-state index contributed by atoms with van der Waals surface area (Å²) >= 11 is 0. The summed E-state index contributed by atoms with van der Waals surface area (Å²) in [7, 11) is 3.96. The molecule has 0 aromatic heterocycles. The highest BCUT2D eigenvalue weighted by Crippen LogP contribution is 2.20. The van der Waals surface area contributed by atoms with Crippen molar-refractivity contribution in [1.82, 2.24) is 9.80 Å². The van der Waals surface area contributed by atoms with Gasteiger partial charge < -0.3 is 10.0 Å². The van der Waals surface area contributed by atoms with Gasteiger partial charge in [0.1, 0.15) is 0 Å². The Bertz CT molecular complexity index is 438. The zero-order valence-corrected chi connectivity index (χ0v) is 13.3. The van der Waals surface area contributed by atoms with Crippen molar-refractivity contribution in [3.05, 3.63) is 35.4 Å². The molecule has 5 heteroatoms. The predicted molar refractivity (Wildman–Crippen MR) is 81.1 cm³/mol. The maximum absolute atomic E-state index is 13.7. The summed E-state index contributed by atoms with van der Waals surface area (Å²) in [6.45, 7) is 6.92. The zero-order chi connectivity index (χ0) is 16.0. The van der Waals surface area contributed by atoms with Crippen LogP contribution in [0.5, 0.6) is 0 Å². The van der Waals surface area contributed by atoms with Crippen LogP contribution in [0.4, 0.5) is 8.78 Å². The number of halogens is 2. The largest absolute Gasteiger partial charge is 0.387 e. The number of rotatable bonds is 8. The minimum atomic E-state index is -1.03. The molecule has 0 heterocycles. The van der Waals surface area contributed by atoms with Gasteiger partial charge in [0.25, 0.3) is 0 Å². The highest BCUT2D eigenvalue weighted by Gasteiger charge is 2.19. The third kappa shape index (κ3) is 6.08. The van der Waals surface area contributed by atoms with E-state index in [-0.39, 0.29) is 5.56 Å². The van der Waals surface area contributed by atoms with Gasteiger partial charge >= 0.3 is 0 Å². The van der Waals surface area contributed by atoms with Gasteiger partial charge in [0, 0.05) is 31.7 Å². The van der Waals surface area contributed by atoms with Crippen LogP contribution in [0, 0.1) is 17.6 Å². The fourth-order valence-corrected chi connectivity index (χ4v) is 2.24. The molecule has 0 aliphatic heterocycles. The van der Waals surface area contributed by atoms with Crippen LogP contribution in [0.3, 0.4) is 0 Å². The number of nitrogens with zero attached hydrogens (tertiary/aromatic N) is 2. The van der Waals surface area contributed by atoms with Crippen molar-refractivity contribution in [3.8, 4) is 0 Å². The molecule has 120 valence electrons. The van der Waals surface area contributed by atoms with Crippen LogP contribution in [0.2, 0.25) is 0 Å². The van der Waals surface area contributed by atoms with Gasteiger partial charge in [0.15, 0.2) is 11.6 Å². The molecule has 0 bridgehead atoms. The summed E-state index contributed by atoms with van der Waals surface area (Å²) in [6, 6.07) is 3.91. The molecule has 21 heavy (non-hydrogen) atoms. The van der Waals surface area contributed by atoms with Crippen LogP contribution >= 0.6 is 0 Å². The highest BCUT2D eigenvalue weighted by molar-refractivity contribution is 5.21. The van der Waals surface area contributed by atoms with Gasteiger partial charge in [-0.2, -0.15) is 0 Å². The SMILES string of the molecule is CC(C)CN(CCN(C)C)CC(O)c1cccc(F)c1F. The zero-order valence-electron chi connectivity index (χ0n) is 13.3. The Morgan fingerprint density at radius 1 is 1.10 bits per heavy atom. The lowest BCUT2D eigenvalue weighted by atomic mass is 10.1. The molecule has 1 N–H and O–H groups in total. The number of hydrogen-bond donors (Lipinski definition) is 1. The van der Waals surface area contributed by atoms with Crippen molar-refractivity contribution in [2.24, 2.45) is 5.92 Å². The fourth-order valence-electron chi connectivity index (χ4n) is 2.24. The quantitative estimate of drug-likeness (QED) is 0.799. The van der Waals surface area contributed by atoms with Crippen LogP contribution in [0.25, 0.3) is 0 Å². The Labute approximate surface area is 126 Å². The molecule has 0 saturated heterocycles. The first-order valence-corrected chi connectivity index (χ1v) is 7.30. The average molecular weight is 300 g/mol. The Morgan fingerprint density at radius 2 is 1.76 bits per heavy atom. The Balaban J connectivity index is 2.74. The van der Waals surface area contributed by atoms with Gasteiger partial charge in [-0.05, 0) is 26.1 Å². The van der Waals surface area contributed by atoms with E-state index in [0.29, 0.717) is 12.5 Å². The van der Waals surface area contributed by atoms with Crippen molar-refractivity contribution >= 4 is 0 Å². The van der Waals surface area contributed by atoms with Crippen molar-refractivity contribution < 1.29 is 13.9 Å². The van der Waals surface area contributed by atoms with E-state index in [1.165, 1.54) is 12.1 Å². The lowest BCUT2D eigenvalue weighted by Crippen LogP contribution is -2.37. The molecule has 0 radical (unpaired) electrons. The van der Waals surface area contributed by atoms with E-state index < -0.39 is 17.7 Å². The molecule has 0 amide bonds. The molecule has 1 rings (SSSR count). The molecule has 0 saturated carbocycles. The number of hydrogen-bond acceptors (Lipinski definition) is 3. The maximum Gasteiger partial charge on any atom is 0.164 e. The third-order valence-electron chi connectivity index (χ3n) is 3.26. The van der Waals surface area contributed by atoms with E-state index in [4.69, 9.17) is 0 Å². The third-order valence-corrected chi connectivity index (χ3v) is 3.26. The second-order valence-electron chi connectivity index (χ2n) is 6.12. The summed E-state index contributed by atoms with van der Waals surface area (Å²) in [5, 5.41) is 10.2. The minimum absolute atomic E-state index is 0.0219. The number of aliphatic hydroxyl groups is 1. The van der Waals surface area contributed by atoms with Crippen LogP contribution in [0.15, 0.2) is 18.2 Å². The van der Waals surface area contributed by atoms with Gasteiger partial charge in [0.2, 0.25) is 0 Å². The molecule has 0 spiro atoms. The average Bonchev–Trinajstić information content (AvgIpc) is 2.38. The molecule has 0 aliphatic carbocycles. The number of benzene rings is 1. The maximum atomic E-state index is 13.7. The lowest BCUT2D eigenvalue weighted by Gasteiger charge is -2.28. The smallest absolute Gasteiger partial charge is 0.164 e. The van der Waals surface area contributed by atoms with Gasteiger partial charge in [-0.3, -0.25) is 4.90 Å². The van der Waals surface area contributed by atoms with Crippen LogP contribution in [0.1, 0.15) is 25.5 Å². The molecule has 1 aromatic rings. The summed E-state index contributed by atoms with van der Waals surface area (Å²) in [5.74, 6) is -1.44. The number of aliphatic hydroxyl groups excluding tert-OH is 1. The molecule has 3 nitrogen and oxygen atoms in total. The van der Waals surface area contributed by atoms with E-state index in [1.54, 1.807) is 0 Å². The summed E-state index contributed by atoms with van der Waals surface area (Å²) < 4.78 is 27.0. The molecular formula is C16H26F2N2O. The van der Waals surface area contributed by atoms with Crippen molar-refractivity contribution in [3.63, 3.8) is 0 Å².